The zero-order chi connectivity index (χ0) is 25.5. The van der Waals surface area contributed by atoms with Crippen LogP contribution < -0.4 is 11.2 Å². The van der Waals surface area contributed by atoms with Gasteiger partial charge in [0.1, 0.15) is 12.1 Å². The van der Waals surface area contributed by atoms with Crippen molar-refractivity contribution in [1.82, 2.24) is 18.7 Å². The number of carbonyl (C=O) groups excluding carboxylic acids is 1. The van der Waals surface area contributed by atoms with Crippen LogP contribution >= 0.6 is 11.6 Å². The molecule has 2 aromatic heterocycles. The Morgan fingerprint density at radius 1 is 1.09 bits per heavy atom. The van der Waals surface area contributed by atoms with Crippen molar-refractivity contribution in [2.45, 2.75) is 37.8 Å². The maximum absolute atomic E-state index is 13.4. The summed E-state index contributed by atoms with van der Waals surface area (Å²) in [6.07, 6.45) is 1.55. The number of aromatic amines is 1. The summed E-state index contributed by atoms with van der Waals surface area (Å²) in [4.78, 5) is 38.8. The summed E-state index contributed by atoms with van der Waals surface area (Å²) in [5.74, 6) is -0.785. The van der Waals surface area contributed by atoms with Crippen LogP contribution in [-0.2, 0) is 26.1 Å². The van der Waals surface area contributed by atoms with Gasteiger partial charge in [-0.3, -0.25) is 19.3 Å². The lowest BCUT2D eigenvalue weighted by atomic mass is 10.2. The number of nitrogens with zero attached hydrogens (tertiary/aromatic N) is 3. The SMILES string of the molecule is CC(C)(C)OC(=O)Cn1c(=O)n(S(=O)(=O)c2ccc(-c3ccn[nH]3)cc2)c(=O)c2ccc(Cl)cc21. The van der Waals surface area contributed by atoms with Crippen LogP contribution in [0.3, 0.4) is 0 Å². The highest BCUT2D eigenvalue weighted by Gasteiger charge is 2.27. The van der Waals surface area contributed by atoms with Gasteiger partial charge < -0.3 is 4.74 Å². The van der Waals surface area contributed by atoms with E-state index in [1.54, 1.807) is 33.0 Å². The quantitative estimate of drug-likeness (QED) is 0.403. The molecular formula is C23H21ClN4O6S. The Bertz CT molecular complexity index is 1650. The molecule has 0 spiro atoms. The third-order valence-electron chi connectivity index (χ3n) is 4.98. The van der Waals surface area contributed by atoms with E-state index < -0.39 is 39.4 Å². The molecule has 2 aromatic carbocycles. The summed E-state index contributed by atoms with van der Waals surface area (Å²) in [6.45, 7) is 4.34. The molecule has 10 nitrogen and oxygen atoms in total. The molecule has 2 heterocycles. The summed E-state index contributed by atoms with van der Waals surface area (Å²) in [7, 11) is -4.62. The molecule has 0 amide bonds. The average Bonchev–Trinajstić information content (AvgIpc) is 3.30. The fourth-order valence-electron chi connectivity index (χ4n) is 3.51. The van der Waals surface area contributed by atoms with Gasteiger partial charge >= 0.3 is 11.7 Å². The summed E-state index contributed by atoms with van der Waals surface area (Å²) in [5.41, 5.74) is -1.78. The molecule has 0 radical (unpaired) electrons. The number of aromatic nitrogens is 4. The molecule has 0 bridgehead atoms. The van der Waals surface area contributed by atoms with E-state index in [0.717, 1.165) is 4.57 Å². The van der Waals surface area contributed by atoms with Crippen LogP contribution in [0.4, 0.5) is 0 Å². The number of hydrogen-bond donors (Lipinski definition) is 1. The molecule has 35 heavy (non-hydrogen) atoms. The van der Waals surface area contributed by atoms with Crippen LogP contribution in [-0.4, -0.2) is 38.7 Å². The molecule has 4 aromatic rings. The van der Waals surface area contributed by atoms with E-state index in [9.17, 15) is 22.8 Å². The van der Waals surface area contributed by atoms with Gasteiger partial charge in [-0.2, -0.15) is 5.10 Å². The Balaban J connectivity index is 1.90. The zero-order valence-corrected chi connectivity index (χ0v) is 20.6. The van der Waals surface area contributed by atoms with E-state index in [2.05, 4.69) is 10.2 Å². The normalized spacial score (nSPS) is 12.1. The molecule has 0 aliphatic rings. The maximum atomic E-state index is 13.4. The summed E-state index contributed by atoms with van der Waals surface area (Å²) in [6, 6.07) is 11.3. The second kappa shape index (κ2) is 8.82. The van der Waals surface area contributed by atoms with Crippen LogP contribution in [0.1, 0.15) is 20.8 Å². The van der Waals surface area contributed by atoms with Crippen molar-refractivity contribution in [2.24, 2.45) is 0 Å². The average molecular weight is 517 g/mol. The second-order valence-electron chi connectivity index (χ2n) is 8.69. The molecule has 1 N–H and O–H groups in total. The number of hydrogen-bond acceptors (Lipinski definition) is 7. The number of halogens is 1. The summed E-state index contributed by atoms with van der Waals surface area (Å²) < 4.78 is 33.2. The number of H-pyrrole nitrogens is 1. The van der Waals surface area contributed by atoms with E-state index >= 15 is 0 Å². The van der Waals surface area contributed by atoms with Crippen LogP contribution in [0.15, 0.2) is 69.2 Å². The lowest BCUT2D eigenvalue weighted by molar-refractivity contribution is -0.155. The number of esters is 1. The van der Waals surface area contributed by atoms with Gasteiger partial charge in [-0.05, 0) is 62.7 Å². The number of fused-ring (bicyclic) bond motifs is 1. The van der Waals surface area contributed by atoms with Gasteiger partial charge in [0, 0.05) is 11.2 Å². The molecule has 0 saturated carbocycles. The first-order chi connectivity index (χ1) is 16.4. The first-order valence-corrected chi connectivity index (χ1v) is 12.2. The molecule has 4 rings (SSSR count). The van der Waals surface area contributed by atoms with Gasteiger partial charge in [-0.1, -0.05) is 23.7 Å². The Morgan fingerprint density at radius 2 is 1.77 bits per heavy atom. The fourth-order valence-corrected chi connectivity index (χ4v) is 4.99. The van der Waals surface area contributed by atoms with Crippen LogP contribution in [0.2, 0.25) is 5.02 Å². The first-order valence-electron chi connectivity index (χ1n) is 10.4. The van der Waals surface area contributed by atoms with Gasteiger partial charge in [0.15, 0.2) is 0 Å². The lowest BCUT2D eigenvalue weighted by Gasteiger charge is -2.20. The highest BCUT2D eigenvalue weighted by Crippen LogP contribution is 2.21. The molecule has 0 fully saturated rings. The monoisotopic (exact) mass is 516 g/mol. The predicted octanol–water partition coefficient (Wildman–Crippen LogP) is 2.79. The second-order valence-corrected chi connectivity index (χ2v) is 10.9. The van der Waals surface area contributed by atoms with Crippen LogP contribution in [0.25, 0.3) is 22.2 Å². The van der Waals surface area contributed by atoms with Crippen LogP contribution in [0, 0.1) is 0 Å². The largest absolute Gasteiger partial charge is 0.459 e. The van der Waals surface area contributed by atoms with Gasteiger partial charge in [0.2, 0.25) is 0 Å². The minimum atomic E-state index is -4.62. The van der Waals surface area contributed by atoms with E-state index in [4.69, 9.17) is 16.3 Å². The molecule has 0 unspecified atom stereocenters. The van der Waals surface area contributed by atoms with E-state index in [-0.39, 0.29) is 24.8 Å². The number of nitrogens with one attached hydrogen (secondary N) is 1. The summed E-state index contributed by atoms with van der Waals surface area (Å²) in [5, 5.41) is 6.71. The van der Waals surface area contributed by atoms with Crippen LogP contribution in [0.5, 0.6) is 0 Å². The molecule has 0 aliphatic heterocycles. The third-order valence-corrected chi connectivity index (χ3v) is 6.89. The van der Waals surface area contributed by atoms with E-state index in [1.165, 1.54) is 42.5 Å². The highest BCUT2D eigenvalue weighted by molar-refractivity contribution is 7.90. The van der Waals surface area contributed by atoms with Crippen molar-refractivity contribution in [3.8, 4) is 11.3 Å². The van der Waals surface area contributed by atoms with Gasteiger partial charge in [0.05, 0.1) is 21.5 Å². The predicted molar refractivity (Wildman–Crippen MR) is 130 cm³/mol. The van der Waals surface area contributed by atoms with E-state index in [1.807, 2.05) is 0 Å². The Hall–Kier alpha value is -3.70. The molecule has 0 aliphatic carbocycles. The van der Waals surface area contributed by atoms with Gasteiger partial charge in [0.25, 0.3) is 15.6 Å². The van der Waals surface area contributed by atoms with Gasteiger partial charge in [-0.25, -0.2) is 13.2 Å². The highest BCUT2D eigenvalue weighted by atomic mass is 35.5. The smallest absolute Gasteiger partial charge is 0.346 e. The van der Waals surface area contributed by atoms with E-state index in [0.29, 0.717) is 11.3 Å². The summed E-state index contributed by atoms with van der Waals surface area (Å²) >= 11 is 6.06. The van der Waals surface area contributed by atoms with Crippen molar-refractivity contribution in [1.29, 1.82) is 0 Å². The lowest BCUT2D eigenvalue weighted by Crippen LogP contribution is -2.45. The van der Waals surface area contributed by atoms with Crippen molar-refractivity contribution < 1.29 is 17.9 Å². The number of ether oxygens (including phenoxy) is 1. The minimum Gasteiger partial charge on any atom is -0.459 e. The van der Waals surface area contributed by atoms with Gasteiger partial charge in [-0.15, -0.1) is 3.97 Å². The Labute approximate surface area is 204 Å². The van der Waals surface area contributed by atoms with Crippen molar-refractivity contribution in [3.63, 3.8) is 0 Å². The first kappa shape index (κ1) is 24.4. The fraction of sp³-hybridized carbons (Fsp3) is 0.217. The standard InChI is InChI=1S/C23H21ClN4O6S/c1-23(2,3)34-20(29)13-27-19-12-15(24)6-9-17(19)21(30)28(22(27)31)35(32,33)16-7-4-14(5-8-16)18-10-11-25-26-18/h4-12H,13H2,1-3H3,(H,25,26). The molecule has 0 atom stereocenters. The number of rotatable bonds is 5. The molecule has 12 heteroatoms. The van der Waals surface area contributed by atoms with Crippen molar-refractivity contribution >= 4 is 38.5 Å². The molecular weight excluding hydrogens is 496 g/mol. The Kier molecular flexibility index (Phi) is 6.16. The zero-order valence-electron chi connectivity index (χ0n) is 19.0. The topological polar surface area (TPSA) is 133 Å². The number of benzene rings is 2. The maximum Gasteiger partial charge on any atom is 0.346 e. The van der Waals surface area contributed by atoms with Crippen molar-refractivity contribution in [2.75, 3.05) is 0 Å². The molecule has 182 valence electrons. The molecule has 0 saturated heterocycles. The Morgan fingerprint density at radius 3 is 2.37 bits per heavy atom. The third kappa shape index (κ3) is 4.77. The minimum absolute atomic E-state index is 0.0133. The number of carbonyl (C=O) groups is 1. The van der Waals surface area contributed by atoms with Crippen molar-refractivity contribution in [3.05, 3.63) is 80.6 Å².